The number of hydrogen-bond donors (Lipinski definition) is 1. The first kappa shape index (κ1) is 13.1. The van der Waals surface area contributed by atoms with Gasteiger partial charge in [-0.25, -0.2) is 4.98 Å². The van der Waals surface area contributed by atoms with E-state index < -0.39 is 0 Å². The Morgan fingerprint density at radius 2 is 2.05 bits per heavy atom. The highest BCUT2D eigenvalue weighted by Crippen LogP contribution is 2.43. The minimum Gasteiger partial charge on any atom is -0.323 e. The lowest BCUT2D eigenvalue weighted by Gasteiger charge is -2.33. The van der Waals surface area contributed by atoms with Gasteiger partial charge >= 0.3 is 0 Å². The summed E-state index contributed by atoms with van der Waals surface area (Å²) in [5.41, 5.74) is 9.14. The van der Waals surface area contributed by atoms with E-state index in [1.165, 1.54) is 22.7 Å². The molecule has 2 aromatic rings. The van der Waals surface area contributed by atoms with E-state index in [9.17, 15) is 0 Å². The third-order valence-electron chi connectivity index (χ3n) is 3.63. The van der Waals surface area contributed by atoms with E-state index in [0.29, 0.717) is 11.2 Å². The van der Waals surface area contributed by atoms with E-state index in [0.717, 1.165) is 16.6 Å². The first-order valence-corrected chi connectivity index (χ1v) is 8.12. The van der Waals surface area contributed by atoms with Gasteiger partial charge in [-0.2, -0.15) is 4.37 Å². The van der Waals surface area contributed by atoms with Gasteiger partial charge in [0, 0.05) is 11.3 Å². The molecule has 1 aliphatic rings. The van der Waals surface area contributed by atoms with Crippen molar-refractivity contribution >= 4 is 23.3 Å². The van der Waals surface area contributed by atoms with Crippen LogP contribution in [0.2, 0.25) is 0 Å². The fourth-order valence-electron chi connectivity index (χ4n) is 2.66. The minimum absolute atomic E-state index is 0.0848. The lowest BCUT2D eigenvalue weighted by atomic mass is 9.81. The summed E-state index contributed by atoms with van der Waals surface area (Å²) in [6, 6.07) is 8.63. The molecule has 0 saturated heterocycles. The van der Waals surface area contributed by atoms with Crippen molar-refractivity contribution in [2.45, 2.75) is 41.8 Å². The summed E-state index contributed by atoms with van der Waals surface area (Å²) in [4.78, 5) is 4.44. The van der Waals surface area contributed by atoms with E-state index in [1.807, 2.05) is 6.92 Å². The molecule has 3 unspecified atom stereocenters. The monoisotopic (exact) mass is 291 g/mol. The summed E-state index contributed by atoms with van der Waals surface area (Å²) in [7, 11) is 0. The molecule has 0 saturated carbocycles. The summed E-state index contributed by atoms with van der Waals surface area (Å²) in [6.07, 6.45) is 1.10. The van der Waals surface area contributed by atoms with E-state index in [-0.39, 0.29) is 6.04 Å². The molecule has 1 aromatic carbocycles. The van der Waals surface area contributed by atoms with Crippen LogP contribution in [0.1, 0.15) is 42.3 Å². The van der Waals surface area contributed by atoms with Crippen molar-refractivity contribution in [1.29, 1.82) is 0 Å². The average molecular weight is 291 g/mol. The quantitative estimate of drug-likeness (QED) is 0.920. The molecule has 19 heavy (non-hydrogen) atoms. The third kappa shape index (κ3) is 2.55. The van der Waals surface area contributed by atoms with E-state index >= 15 is 0 Å². The maximum absolute atomic E-state index is 6.44. The fourth-order valence-corrected chi connectivity index (χ4v) is 4.86. The second-order valence-corrected chi connectivity index (χ2v) is 7.29. The second-order valence-electron chi connectivity index (χ2n) is 5.06. The average Bonchev–Trinajstić information content (AvgIpc) is 2.81. The van der Waals surface area contributed by atoms with Gasteiger partial charge in [-0.05, 0) is 41.9 Å². The minimum atomic E-state index is 0.0848. The van der Waals surface area contributed by atoms with Crippen molar-refractivity contribution < 1.29 is 0 Å². The standard InChI is InChI=1S/C14H17N3S2/c1-8-7-12(18-14-16-9(2)17-19-14)13(15)11-6-4-3-5-10(8)11/h3-6,8,12-13H,7,15H2,1-2H3. The Balaban J connectivity index is 1.85. The van der Waals surface area contributed by atoms with Crippen molar-refractivity contribution in [2.75, 3.05) is 0 Å². The van der Waals surface area contributed by atoms with Gasteiger partial charge in [0.15, 0.2) is 4.34 Å². The molecule has 5 heteroatoms. The first-order chi connectivity index (χ1) is 9.15. The number of fused-ring (bicyclic) bond motifs is 1. The predicted octanol–water partition coefficient (Wildman–Crippen LogP) is 3.51. The smallest absolute Gasteiger partial charge is 0.170 e. The fraction of sp³-hybridized carbons (Fsp3) is 0.429. The van der Waals surface area contributed by atoms with E-state index in [2.05, 4.69) is 40.5 Å². The number of rotatable bonds is 2. The lowest BCUT2D eigenvalue weighted by molar-refractivity contribution is 0.527. The predicted molar refractivity (Wildman–Crippen MR) is 80.7 cm³/mol. The Morgan fingerprint density at radius 3 is 2.74 bits per heavy atom. The Kier molecular flexibility index (Phi) is 3.60. The van der Waals surface area contributed by atoms with Crippen molar-refractivity contribution in [3.8, 4) is 0 Å². The summed E-state index contributed by atoms with van der Waals surface area (Å²) in [5, 5.41) is 0.386. The molecule has 0 spiro atoms. The van der Waals surface area contributed by atoms with Crippen LogP contribution in [-0.4, -0.2) is 14.6 Å². The molecule has 0 radical (unpaired) electrons. The van der Waals surface area contributed by atoms with E-state index in [4.69, 9.17) is 5.73 Å². The topological polar surface area (TPSA) is 51.8 Å². The number of hydrogen-bond acceptors (Lipinski definition) is 5. The summed E-state index contributed by atoms with van der Waals surface area (Å²) in [6.45, 7) is 4.21. The van der Waals surface area contributed by atoms with Gasteiger partial charge < -0.3 is 5.73 Å². The largest absolute Gasteiger partial charge is 0.323 e. The number of thioether (sulfide) groups is 1. The highest BCUT2D eigenvalue weighted by atomic mass is 32.2. The molecule has 0 aliphatic heterocycles. The highest BCUT2D eigenvalue weighted by molar-refractivity contribution is 8.01. The molecule has 1 heterocycles. The lowest BCUT2D eigenvalue weighted by Crippen LogP contribution is -2.30. The number of nitrogens with two attached hydrogens (primary N) is 1. The van der Waals surface area contributed by atoms with Crippen LogP contribution in [0, 0.1) is 6.92 Å². The van der Waals surface area contributed by atoms with Crippen LogP contribution in [0.5, 0.6) is 0 Å². The van der Waals surface area contributed by atoms with Gasteiger partial charge in [0.1, 0.15) is 5.82 Å². The van der Waals surface area contributed by atoms with Gasteiger partial charge in [-0.15, -0.1) is 0 Å². The van der Waals surface area contributed by atoms with Crippen LogP contribution in [0.3, 0.4) is 0 Å². The first-order valence-electron chi connectivity index (χ1n) is 6.46. The van der Waals surface area contributed by atoms with Crippen molar-refractivity contribution in [1.82, 2.24) is 9.36 Å². The molecule has 3 atom stereocenters. The summed E-state index contributed by atoms with van der Waals surface area (Å²) < 4.78 is 5.27. The summed E-state index contributed by atoms with van der Waals surface area (Å²) >= 11 is 3.25. The van der Waals surface area contributed by atoms with Gasteiger partial charge in [0.25, 0.3) is 0 Å². The molecule has 100 valence electrons. The molecular formula is C14H17N3S2. The number of nitrogens with zero attached hydrogens (tertiary/aromatic N) is 2. The second kappa shape index (κ2) is 5.23. The number of aryl methyl sites for hydroxylation is 1. The van der Waals surface area contributed by atoms with Crippen molar-refractivity contribution in [3.05, 3.63) is 41.2 Å². The normalized spacial score (nSPS) is 26.2. The third-order valence-corrected chi connectivity index (χ3v) is 5.83. The van der Waals surface area contributed by atoms with Crippen LogP contribution in [0.15, 0.2) is 28.6 Å². The zero-order valence-electron chi connectivity index (χ0n) is 11.0. The molecule has 3 nitrogen and oxygen atoms in total. The number of benzene rings is 1. The Hall–Kier alpha value is -0.910. The van der Waals surface area contributed by atoms with Gasteiger partial charge in [-0.1, -0.05) is 43.0 Å². The zero-order chi connectivity index (χ0) is 13.4. The van der Waals surface area contributed by atoms with Gasteiger partial charge in [-0.3, -0.25) is 0 Å². The van der Waals surface area contributed by atoms with Gasteiger partial charge in [0.2, 0.25) is 0 Å². The molecular weight excluding hydrogens is 274 g/mol. The SMILES string of the molecule is Cc1nsc(SC2CC(C)c3ccccc3C2N)n1. The van der Waals surface area contributed by atoms with Crippen LogP contribution in [0.4, 0.5) is 0 Å². The Labute approximate surface area is 121 Å². The van der Waals surface area contributed by atoms with Gasteiger partial charge in [0.05, 0.1) is 0 Å². The Morgan fingerprint density at radius 1 is 1.32 bits per heavy atom. The van der Waals surface area contributed by atoms with Crippen molar-refractivity contribution in [3.63, 3.8) is 0 Å². The van der Waals surface area contributed by atoms with Crippen molar-refractivity contribution in [2.24, 2.45) is 5.73 Å². The maximum atomic E-state index is 6.44. The molecule has 2 N–H and O–H groups in total. The number of aromatic nitrogens is 2. The molecule has 3 rings (SSSR count). The Bertz CT molecular complexity index is 582. The zero-order valence-corrected chi connectivity index (χ0v) is 12.7. The maximum Gasteiger partial charge on any atom is 0.170 e. The van der Waals surface area contributed by atoms with Crippen LogP contribution >= 0.6 is 23.3 Å². The molecule has 0 bridgehead atoms. The highest BCUT2D eigenvalue weighted by Gasteiger charge is 2.31. The van der Waals surface area contributed by atoms with Crippen LogP contribution in [0.25, 0.3) is 0 Å². The van der Waals surface area contributed by atoms with Crippen LogP contribution < -0.4 is 5.73 Å². The summed E-state index contributed by atoms with van der Waals surface area (Å²) in [5.74, 6) is 1.41. The van der Waals surface area contributed by atoms with Crippen LogP contribution in [-0.2, 0) is 0 Å². The van der Waals surface area contributed by atoms with E-state index in [1.54, 1.807) is 11.8 Å². The molecule has 1 aromatic heterocycles. The molecule has 0 amide bonds. The molecule has 0 fully saturated rings. The molecule has 1 aliphatic carbocycles.